The Bertz CT molecular complexity index is 1730. The van der Waals surface area contributed by atoms with Crippen LogP contribution >= 0.6 is 0 Å². The summed E-state index contributed by atoms with van der Waals surface area (Å²) in [5.74, 6) is 0. The van der Waals surface area contributed by atoms with Crippen molar-refractivity contribution in [1.29, 1.82) is 0 Å². The standard InChI is InChI=1S/C35H28N4O2/c1-25-22-23-30(36-32(26-14-6-2-7-15-26)34(38-40)28-18-10-4-11-19-28)31(24-25)37-33(27-16-8-3-9-17-27)35(39-41)29-20-12-5-13-21-29/h2-24,40-41H,1H3/p-2/b36-32?,37-33?,38-34+,39-35+. The molecule has 5 aromatic rings. The Morgan fingerprint density at radius 3 is 1.12 bits per heavy atom. The Labute approximate surface area is 239 Å². The number of nitrogens with zero attached hydrogens (tertiary/aromatic N) is 4. The van der Waals surface area contributed by atoms with Gasteiger partial charge in [-0.2, -0.15) is 0 Å². The molecule has 41 heavy (non-hydrogen) atoms. The minimum absolute atomic E-state index is 0.210. The fraction of sp³-hybridized carbons (Fsp3) is 0.0286. The minimum atomic E-state index is 0.210. The first-order chi connectivity index (χ1) is 20.2. The molecule has 0 aliphatic carbocycles. The van der Waals surface area contributed by atoms with Crippen molar-refractivity contribution < 1.29 is 0 Å². The van der Waals surface area contributed by atoms with Crippen molar-refractivity contribution >= 4 is 34.2 Å². The van der Waals surface area contributed by atoms with Gasteiger partial charge in [-0.3, -0.25) is 0 Å². The van der Waals surface area contributed by atoms with E-state index in [0.717, 1.165) is 16.7 Å². The van der Waals surface area contributed by atoms with Crippen LogP contribution in [0, 0.1) is 17.3 Å². The van der Waals surface area contributed by atoms with Gasteiger partial charge in [-0.15, -0.1) is 0 Å². The maximum atomic E-state index is 12.3. The fourth-order valence-electron chi connectivity index (χ4n) is 4.42. The van der Waals surface area contributed by atoms with Crippen LogP contribution in [0.3, 0.4) is 0 Å². The van der Waals surface area contributed by atoms with Gasteiger partial charge in [-0.1, -0.05) is 127 Å². The van der Waals surface area contributed by atoms with Gasteiger partial charge in [0.05, 0.1) is 34.2 Å². The zero-order valence-electron chi connectivity index (χ0n) is 22.4. The Kier molecular flexibility index (Phi) is 8.52. The van der Waals surface area contributed by atoms with E-state index >= 15 is 0 Å². The van der Waals surface area contributed by atoms with Crippen molar-refractivity contribution in [2.45, 2.75) is 6.92 Å². The van der Waals surface area contributed by atoms with Gasteiger partial charge < -0.3 is 20.7 Å². The Morgan fingerprint density at radius 2 is 0.756 bits per heavy atom. The summed E-state index contributed by atoms with van der Waals surface area (Å²) in [7, 11) is 0. The molecule has 6 heteroatoms. The minimum Gasteiger partial charge on any atom is -0.791 e. The quantitative estimate of drug-likeness (QED) is 0.148. The third-order valence-electron chi connectivity index (χ3n) is 6.42. The van der Waals surface area contributed by atoms with Crippen LogP contribution in [0.15, 0.2) is 160 Å². The molecule has 5 rings (SSSR count). The summed E-state index contributed by atoms with van der Waals surface area (Å²) in [6, 6.07) is 43.1. The number of benzene rings is 5. The lowest BCUT2D eigenvalue weighted by Crippen LogP contribution is -2.17. The summed E-state index contributed by atoms with van der Waals surface area (Å²) >= 11 is 0. The highest BCUT2D eigenvalue weighted by Crippen LogP contribution is 2.32. The van der Waals surface area contributed by atoms with Gasteiger partial charge in [-0.25, -0.2) is 9.98 Å². The van der Waals surface area contributed by atoms with Crippen molar-refractivity contribution in [2.24, 2.45) is 20.3 Å². The molecule has 0 spiro atoms. The SMILES string of the molecule is Cc1ccc(N=C(/C(=N/[O-])c2ccccc2)c2ccccc2)c(N=C(/C(=N/[O-])c2ccccc2)c2ccccc2)c1. The first-order valence-electron chi connectivity index (χ1n) is 13.1. The largest absolute Gasteiger partial charge is 0.791 e. The Balaban J connectivity index is 1.74. The maximum Gasteiger partial charge on any atom is 0.0964 e. The summed E-state index contributed by atoms with van der Waals surface area (Å²) in [6.45, 7) is 1.96. The van der Waals surface area contributed by atoms with Gasteiger partial charge in [0.1, 0.15) is 0 Å². The number of aliphatic imine (C=N–C) groups is 2. The van der Waals surface area contributed by atoms with Crippen LogP contribution in [0.1, 0.15) is 27.8 Å². The van der Waals surface area contributed by atoms with Crippen LogP contribution < -0.4 is 0 Å². The van der Waals surface area contributed by atoms with Gasteiger partial charge in [0.15, 0.2) is 0 Å². The van der Waals surface area contributed by atoms with Crippen molar-refractivity contribution in [3.63, 3.8) is 0 Å². The van der Waals surface area contributed by atoms with E-state index in [-0.39, 0.29) is 11.4 Å². The number of rotatable bonds is 8. The average molecular weight is 535 g/mol. The zero-order chi connectivity index (χ0) is 28.4. The lowest BCUT2D eigenvalue weighted by Gasteiger charge is -2.16. The van der Waals surface area contributed by atoms with E-state index < -0.39 is 0 Å². The molecule has 0 atom stereocenters. The molecule has 5 aromatic carbocycles. The average Bonchev–Trinajstić information content (AvgIpc) is 3.03. The first kappa shape index (κ1) is 27.0. The lowest BCUT2D eigenvalue weighted by atomic mass is 9.99. The van der Waals surface area contributed by atoms with Gasteiger partial charge in [0.2, 0.25) is 0 Å². The van der Waals surface area contributed by atoms with E-state index in [0.29, 0.717) is 33.9 Å². The predicted molar refractivity (Wildman–Crippen MR) is 169 cm³/mol. The highest BCUT2D eigenvalue weighted by molar-refractivity contribution is 6.55. The van der Waals surface area contributed by atoms with E-state index in [2.05, 4.69) is 10.3 Å². The summed E-state index contributed by atoms with van der Waals surface area (Å²) < 4.78 is 0. The van der Waals surface area contributed by atoms with E-state index in [1.54, 1.807) is 0 Å². The van der Waals surface area contributed by atoms with Crippen LogP contribution in [-0.4, -0.2) is 22.8 Å². The zero-order valence-corrected chi connectivity index (χ0v) is 22.4. The molecule has 0 radical (unpaired) electrons. The van der Waals surface area contributed by atoms with Crippen LogP contribution in [0.5, 0.6) is 0 Å². The predicted octanol–water partition coefficient (Wildman–Crippen LogP) is 8.21. The molecule has 0 bridgehead atoms. The van der Waals surface area contributed by atoms with Gasteiger partial charge in [-0.05, 0) is 24.6 Å². The molecule has 0 N–H and O–H groups in total. The molecule has 0 unspecified atom stereocenters. The van der Waals surface area contributed by atoms with Gasteiger partial charge >= 0.3 is 0 Å². The molecule has 6 nitrogen and oxygen atoms in total. The molecule has 0 amide bonds. The van der Waals surface area contributed by atoms with Crippen LogP contribution in [0.2, 0.25) is 0 Å². The second-order valence-electron chi connectivity index (χ2n) is 9.26. The fourth-order valence-corrected chi connectivity index (χ4v) is 4.42. The highest BCUT2D eigenvalue weighted by Gasteiger charge is 2.17. The van der Waals surface area contributed by atoms with Crippen molar-refractivity contribution in [2.75, 3.05) is 0 Å². The third kappa shape index (κ3) is 6.34. The van der Waals surface area contributed by atoms with Crippen molar-refractivity contribution in [1.82, 2.24) is 0 Å². The number of hydrogen-bond acceptors (Lipinski definition) is 6. The smallest absolute Gasteiger partial charge is 0.0964 e. The number of hydrogen-bond donors (Lipinski definition) is 0. The second-order valence-corrected chi connectivity index (χ2v) is 9.26. The van der Waals surface area contributed by atoms with E-state index in [1.165, 1.54) is 0 Å². The van der Waals surface area contributed by atoms with E-state index in [1.807, 2.05) is 146 Å². The van der Waals surface area contributed by atoms with Crippen molar-refractivity contribution in [3.05, 3.63) is 178 Å². The highest BCUT2D eigenvalue weighted by atomic mass is 16.4. The van der Waals surface area contributed by atoms with Crippen LogP contribution in [-0.2, 0) is 0 Å². The molecule has 0 fully saturated rings. The van der Waals surface area contributed by atoms with Crippen LogP contribution in [0.4, 0.5) is 11.4 Å². The molecular weight excluding hydrogens is 508 g/mol. The van der Waals surface area contributed by atoms with Gasteiger partial charge in [0, 0.05) is 22.3 Å². The monoisotopic (exact) mass is 534 g/mol. The van der Waals surface area contributed by atoms with Gasteiger partial charge in [0.25, 0.3) is 0 Å². The third-order valence-corrected chi connectivity index (χ3v) is 6.42. The van der Waals surface area contributed by atoms with Crippen molar-refractivity contribution in [3.8, 4) is 0 Å². The molecule has 0 saturated heterocycles. The summed E-state index contributed by atoms with van der Waals surface area (Å²) in [6.07, 6.45) is 0. The second kappa shape index (κ2) is 13.0. The summed E-state index contributed by atoms with van der Waals surface area (Å²) in [5.41, 5.74) is 6.00. The topological polar surface area (TPSA) is 95.6 Å². The van der Waals surface area contributed by atoms with E-state index in [9.17, 15) is 10.4 Å². The molecule has 200 valence electrons. The maximum absolute atomic E-state index is 12.3. The molecule has 0 aliphatic rings. The molecule has 0 saturated carbocycles. The Hall–Kier alpha value is -5.62. The number of aryl methyl sites for hydroxylation is 1. The molecule has 0 heterocycles. The molecule has 0 aliphatic heterocycles. The first-order valence-corrected chi connectivity index (χ1v) is 13.1. The van der Waals surface area contributed by atoms with E-state index in [4.69, 9.17) is 9.98 Å². The Morgan fingerprint density at radius 1 is 0.415 bits per heavy atom. The van der Waals surface area contributed by atoms with Crippen LogP contribution in [0.25, 0.3) is 0 Å². The summed E-state index contributed by atoms with van der Waals surface area (Å²) in [4.78, 5) is 9.99. The lowest BCUT2D eigenvalue weighted by molar-refractivity contribution is 1.38. The molecule has 0 aromatic heterocycles. The summed E-state index contributed by atoms with van der Waals surface area (Å²) in [5, 5.41) is 31.3. The normalized spacial score (nSPS) is 12.8. The molecular formula is C35H26N4O2-2.